The maximum Gasteiger partial charge on any atom is 0.263 e. The molecule has 3 aromatic rings. The Morgan fingerprint density at radius 3 is 2.68 bits per heavy atom. The summed E-state index contributed by atoms with van der Waals surface area (Å²) in [5.74, 6) is 0. The number of hydrogen-bond acceptors (Lipinski definition) is 3. The van der Waals surface area contributed by atoms with Crippen molar-refractivity contribution in [2.45, 2.75) is 18.7 Å². The number of hydrogen-bond donors (Lipinski definition) is 2. The topological polar surface area (TPSA) is 74.8 Å². The Kier molecular flexibility index (Phi) is 3.58. The predicted octanol–water partition coefficient (Wildman–Crippen LogP) is 3.63. The first kappa shape index (κ1) is 14.9. The van der Waals surface area contributed by atoms with Gasteiger partial charge in [-0.15, -0.1) is 0 Å². The Labute approximate surface area is 133 Å². The monoisotopic (exact) mass is 335 g/mol. The van der Waals surface area contributed by atoms with E-state index in [2.05, 4.69) is 14.9 Å². The van der Waals surface area contributed by atoms with E-state index in [9.17, 15) is 8.42 Å². The van der Waals surface area contributed by atoms with Gasteiger partial charge in [0.2, 0.25) is 0 Å². The third-order valence-corrected chi connectivity index (χ3v) is 5.25. The number of nitrogens with zero attached hydrogens (tertiary/aromatic N) is 1. The Bertz CT molecular complexity index is 964. The number of halogens is 1. The molecule has 0 amide bonds. The summed E-state index contributed by atoms with van der Waals surface area (Å²) in [7, 11) is -3.75. The summed E-state index contributed by atoms with van der Waals surface area (Å²) in [6.07, 6.45) is 1.64. The van der Waals surface area contributed by atoms with Crippen LogP contribution in [0.4, 0.5) is 5.69 Å². The van der Waals surface area contributed by atoms with Gasteiger partial charge in [0, 0.05) is 5.39 Å². The smallest absolute Gasteiger partial charge is 0.263 e. The van der Waals surface area contributed by atoms with E-state index < -0.39 is 10.0 Å². The number of anilines is 1. The first-order valence-corrected chi connectivity index (χ1v) is 8.45. The van der Waals surface area contributed by atoms with Crippen molar-refractivity contribution in [2.24, 2.45) is 0 Å². The van der Waals surface area contributed by atoms with Crippen molar-refractivity contribution in [2.75, 3.05) is 4.72 Å². The molecular formula is C15H14ClN3O2S. The van der Waals surface area contributed by atoms with Gasteiger partial charge in [-0.05, 0) is 49.2 Å². The van der Waals surface area contributed by atoms with Gasteiger partial charge in [0.25, 0.3) is 10.0 Å². The number of rotatable bonds is 3. The van der Waals surface area contributed by atoms with Crippen molar-refractivity contribution in [3.63, 3.8) is 0 Å². The van der Waals surface area contributed by atoms with Gasteiger partial charge in [0.15, 0.2) is 0 Å². The second kappa shape index (κ2) is 5.30. The van der Waals surface area contributed by atoms with Crippen molar-refractivity contribution >= 4 is 38.2 Å². The van der Waals surface area contributed by atoms with E-state index in [1.54, 1.807) is 24.4 Å². The molecule has 2 N–H and O–H groups in total. The third kappa shape index (κ3) is 2.67. The number of sulfonamides is 1. The van der Waals surface area contributed by atoms with Crippen LogP contribution in [0.25, 0.3) is 10.9 Å². The Morgan fingerprint density at radius 2 is 1.95 bits per heavy atom. The van der Waals surface area contributed by atoms with Crippen LogP contribution in [0.2, 0.25) is 5.02 Å². The van der Waals surface area contributed by atoms with Crippen LogP contribution in [0.15, 0.2) is 41.4 Å². The molecule has 1 heterocycles. The van der Waals surface area contributed by atoms with Gasteiger partial charge in [-0.2, -0.15) is 5.10 Å². The Hall–Kier alpha value is -2.05. The van der Waals surface area contributed by atoms with Gasteiger partial charge in [-0.1, -0.05) is 17.7 Å². The number of benzene rings is 2. The zero-order chi connectivity index (χ0) is 15.9. The maximum absolute atomic E-state index is 12.5. The van der Waals surface area contributed by atoms with E-state index in [0.29, 0.717) is 5.69 Å². The zero-order valence-corrected chi connectivity index (χ0v) is 13.6. The average molecular weight is 336 g/mol. The van der Waals surface area contributed by atoms with Crippen LogP contribution in [0.1, 0.15) is 11.1 Å². The minimum absolute atomic E-state index is 0.0615. The van der Waals surface area contributed by atoms with Crippen molar-refractivity contribution in [1.82, 2.24) is 10.2 Å². The molecule has 0 unspecified atom stereocenters. The average Bonchev–Trinajstić information content (AvgIpc) is 2.85. The first-order chi connectivity index (χ1) is 10.4. The highest BCUT2D eigenvalue weighted by atomic mass is 35.5. The molecule has 22 heavy (non-hydrogen) atoms. The van der Waals surface area contributed by atoms with Gasteiger partial charge < -0.3 is 0 Å². The molecule has 0 aliphatic heterocycles. The van der Waals surface area contributed by atoms with Gasteiger partial charge in [0.05, 0.1) is 22.4 Å². The normalized spacial score (nSPS) is 11.8. The van der Waals surface area contributed by atoms with Gasteiger partial charge in [0.1, 0.15) is 4.90 Å². The number of H-pyrrole nitrogens is 1. The van der Waals surface area contributed by atoms with E-state index in [-0.39, 0.29) is 9.92 Å². The molecule has 3 rings (SSSR count). The van der Waals surface area contributed by atoms with E-state index >= 15 is 0 Å². The quantitative estimate of drug-likeness (QED) is 0.767. The van der Waals surface area contributed by atoms with Crippen molar-refractivity contribution in [3.05, 3.63) is 52.7 Å². The molecule has 1 aromatic heterocycles. The molecule has 0 saturated heterocycles. The fourth-order valence-corrected chi connectivity index (χ4v) is 3.96. The summed E-state index contributed by atoms with van der Waals surface area (Å²) in [5.41, 5.74) is 3.06. The van der Waals surface area contributed by atoms with Crippen LogP contribution in [0.5, 0.6) is 0 Å². The fraction of sp³-hybridized carbons (Fsp3) is 0.133. The highest BCUT2D eigenvalue weighted by Crippen LogP contribution is 2.28. The highest BCUT2D eigenvalue weighted by Gasteiger charge is 2.19. The zero-order valence-electron chi connectivity index (χ0n) is 12.0. The molecule has 114 valence electrons. The van der Waals surface area contributed by atoms with Gasteiger partial charge >= 0.3 is 0 Å². The molecular weight excluding hydrogens is 322 g/mol. The van der Waals surface area contributed by atoms with Crippen molar-refractivity contribution in [3.8, 4) is 0 Å². The van der Waals surface area contributed by atoms with Crippen molar-refractivity contribution < 1.29 is 8.42 Å². The largest absolute Gasteiger partial charge is 0.279 e. The summed E-state index contributed by atoms with van der Waals surface area (Å²) in [5, 5.41) is 7.82. The molecule has 2 aromatic carbocycles. The molecule has 0 radical (unpaired) electrons. The van der Waals surface area contributed by atoms with Crippen LogP contribution in [-0.4, -0.2) is 18.6 Å². The lowest BCUT2D eigenvalue weighted by Gasteiger charge is -2.12. The van der Waals surface area contributed by atoms with Crippen LogP contribution in [-0.2, 0) is 10.0 Å². The fourth-order valence-electron chi connectivity index (χ4n) is 2.23. The SMILES string of the molecule is Cc1ccc(S(=O)(=O)Nc2cc3cn[nH]c3cc2C)c(Cl)c1. The van der Waals surface area contributed by atoms with E-state index in [1.165, 1.54) is 6.07 Å². The number of fused-ring (bicyclic) bond motifs is 1. The Balaban J connectivity index is 2.04. The second-order valence-electron chi connectivity index (χ2n) is 5.16. The molecule has 0 spiro atoms. The van der Waals surface area contributed by atoms with Gasteiger partial charge in [-0.25, -0.2) is 8.42 Å². The lowest BCUT2D eigenvalue weighted by atomic mass is 10.1. The first-order valence-electron chi connectivity index (χ1n) is 6.59. The Morgan fingerprint density at radius 1 is 1.18 bits per heavy atom. The lowest BCUT2D eigenvalue weighted by molar-refractivity contribution is 0.601. The van der Waals surface area contributed by atoms with Crippen LogP contribution in [0, 0.1) is 13.8 Å². The van der Waals surface area contributed by atoms with Crippen LogP contribution in [0.3, 0.4) is 0 Å². The molecule has 7 heteroatoms. The number of aromatic amines is 1. The standard InChI is InChI=1S/C15H14ClN3O2S/c1-9-3-4-15(12(16)5-9)22(20,21)19-13-7-11-8-17-18-14(11)6-10(13)2/h3-8,19H,1-2H3,(H,17,18). The summed E-state index contributed by atoms with van der Waals surface area (Å²) < 4.78 is 27.7. The molecule has 0 aliphatic carbocycles. The molecule has 0 atom stereocenters. The lowest BCUT2D eigenvalue weighted by Crippen LogP contribution is -2.14. The number of nitrogens with one attached hydrogen (secondary N) is 2. The number of aryl methyl sites for hydroxylation is 2. The summed E-state index contributed by atoms with van der Waals surface area (Å²) in [6, 6.07) is 8.44. The van der Waals surface area contributed by atoms with E-state index in [0.717, 1.165) is 22.0 Å². The molecule has 0 aliphatic rings. The minimum Gasteiger partial charge on any atom is -0.279 e. The highest BCUT2D eigenvalue weighted by molar-refractivity contribution is 7.92. The van der Waals surface area contributed by atoms with Crippen molar-refractivity contribution in [1.29, 1.82) is 0 Å². The molecule has 0 fully saturated rings. The van der Waals surface area contributed by atoms with E-state index in [4.69, 9.17) is 11.6 Å². The minimum atomic E-state index is -3.75. The maximum atomic E-state index is 12.5. The van der Waals surface area contributed by atoms with Crippen LogP contribution >= 0.6 is 11.6 Å². The molecule has 0 bridgehead atoms. The van der Waals surface area contributed by atoms with Gasteiger partial charge in [-0.3, -0.25) is 9.82 Å². The van der Waals surface area contributed by atoms with Crippen LogP contribution < -0.4 is 4.72 Å². The number of aromatic nitrogens is 2. The predicted molar refractivity (Wildman–Crippen MR) is 87.8 cm³/mol. The summed E-state index contributed by atoms with van der Waals surface area (Å²) in [4.78, 5) is 0.0615. The molecule has 5 nitrogen and oxygen atoms in total. The second-order valence-corrected chi connectivity index (χ2v) is 7.22. The molecule has 0 saturated carbocycles. The summed E-state index contributed by atoms with van der Waals surface area (Å²) in [6.45, 7) is 3.68. The third-order valence-electron chi connectivity index (χ3n) is 3.41. The summed E-state index contributed by atoms with van der Waals surface area (Å²) >= 11 is 6.06. The van der Waals surface area contributed by atoms with E-state index in [1.807, 2.05) is 19.9 Å².